The molecular weight excluding hydrogens is 340 g/mol. The van der Waals surface area contributed by atoms with Crippen molar-refractivity contribution in [3.63, 3.8) is 0 Å². The summed E-state index contributed by atoms with van der Waals surface area (Å²) in [6, 6.07) is 15.4. The molecule has 4 rings (SSSR count). The zero-order chi connectivity index (χ0) is 18.8. The van der Waals surface area contributed by atoms with Crippen LogP contribution < -0.4 is 11.1 Å². The van der Waals surface area contributed by atoms with Gasteiger partial charge in [0, 0.05) is 12.7 Å². The molecule has 7 nitrogen and oxygen atoms in total. The first-order valence-electron chi connectivity index (χ1n) is 8.52. The Morgan fingerprint density at radius 2 is 2.00 bits per heavy atom. The summed E-state index contributed by atoms with van der Waals surface area (Å²) in [5, 5.41) is 11.5. The molecule has 0 saturated carbocycles. The fourth-order valence-corrected chi connectivity index (χ4v) is 3.10. The average molecular weight is 358 g/mol. The molecule has 0 spiro atoms. The van der Waals surface area contributed by atoms with E-state index in [0.29, 0.717) is 23.8 Å². The van der Waals surface area contributed by atoms with Crippen molar-refractivity contribution in [1.82, 2.24) is 19.6 Å². The van der Waals surface area contributed by atoms with Gasteiger partial charge in [0.25, 0.3) is 5.91 Å². The van der Waals surface area contributed by atoms with E-state index in [0.717, 1.165) is 22.3 Å². The van der Waals surface area contributed by atoms with Crippen LogP contribution in [0.2, 0.25) is 0 Å². The topological polar surface area (TPSA) is 98.2 Å². The molecule has 0 fully saturated rings. The normalized spacial score (nSPS) is 10.9. The lowest BCUT2D eigenvalue weighted by atomic mass is 10.2. The highest BCUT2D eigenvalue weighted by atomic mass is 16.1. The van der Waals surface area contributed by atoms with E-state index in [9.17, 15) is 4.79 Å². The Labute approximate surface area is 155 Å². The summed E-state index contributed by atoms with van der Waals surface area (Å²) in [4.78, 5) is 16.3. The predicted molar refractivity (Wildman–Crippen MR) is 103 cm³/mol. The standard InChI is InChI=1S/C20H18N6O/c1-13-10-16-15(19(21)27)8-5-9-26(16)18(13)20-24-17(12-23-25-20)22-11-14-6-3-2-4-7-14/h2-10,12H,11H2,1H3,(H2,21,27)(H,22,24,25). The van der Waals surface area contributed by atoms with Crippen LogP contribution in [0, 0.1) is 6.92 Å². The second kappa shape index (κ2) is 6.87. The molecular formula is C20H18N6O. The first-order valence-corrected chi connectivity index (χ1v) is 8.52. The fourth-order valence-electron chi connectivity index (χ4n) is 3.10. The minimum atomic E-state index is -0.470. The van der Waals surface area contributed by atoms with Gasteiger partial charge in [-0.25, -0.2) is 4.98 Å². The molecule has 134 valence electrons. The molecule has 3 aromatic heterocycles. The third-order valence-corrected chi connectivity index (χ3v) is 4.35. The molecule has 1 amide bonds. The molecule has 0 bridgehead atoms. The number of nitrogens with zero attached hydrogens (tertiary/aromatic N) is 4. The minimum absolute atomic E-state index is 0.457. The quantitative estimate of drug-likeness (QED) is 0.572. The summed E-state index contributed by atoms with van der Waals surface area (Å²) in [6.45, 7) is 2.58. The maximum atomic E-state index is 11.7. The number of hydrogen-bond donors (Lipinski definition) is 2. The van der Waals surface area contributed by atoms with Crippen LogP contribution in [0.5, 0.6) is 0 Å². The highest BCUT2D eigenvalue weighted by Gasteiger charge is 2.16. The van der Waals surface area contributed by atoms with E-state index < -0.39 is 5.91 Å². The number of carbonyl (C=O) groups excluding carboxylic acids is 1. The number of hydrogen-bond acceptors (Lipinski definition) is 5. The molecule has 0 aliphatic carbocycles. The van der Waals surface area contributed by atoms with Crippen molar-refractivity contribution in [3.8, 4) is 11.5 Å². The van der Waals surface area contributed by atoms with Crippen molar-refractivity contribution in [2.75, 3.05) is 5.32 Å². The maximum absolute atomic E-state index is 11.7. The van der Waals surface area contributed by atoms with Gasteiger partial charge in [0.15, 0.2) is 0 Å². The third-order valence-electron chi connectivity index (χ3n) is 4.35. The van der Waals surface area contributed by atoms with Crippen LogP contribution in [0.4, 0.5) is 5.82 Å². The van der Waals surface area contributed by atoms with Gasteiger partial charge in [0.1, 0.15) is 5.82 Å². The van der Waals surface area contributed by atoms with E-state index in [1.165, 1.54) is 0 Å². The van der Waals surface area contributed by atoms with E-state index in [1.54, 1.807) is 18.3 Å². The van der Waals surface area contributed by atoms with Crippen LogP contribution >= 0.6 is 0 Å². The molecule has 27 heavy (non-hydrogen) atoms. The lowest BCUT2D eigenvalue weighted by Crippen LogP contribution is -2.12. The second-order valence-corrected chi connectivity index (χ2v) is 6.22. The number of pyridine rings is 1. The number of carbonyl (C=O) groups is 1. The summed E-state index contributed by atoms with van der Waals surface area (Å²) in [6.07, 6.45) is 3.45. The molecule has 0 radical (unpaired) electrons. The Balaban J connectivity index is 1.71. The maximum Gasteiger partial charge on any atom is 0.250 e. The first-order chi connectivity index (χ1) is 13.1. The van der Waals surface area contributed by atoms with Crippen molar-refractivity contribution in [2.24, 2.45) is 5.73 Å². The van der Waals surface area contributed by atoms with E-state index in [4.69, 9.17) is 5.73 Å². The second-order valence-electron chi connectivity index (χ2n) is 6.22. The number of rotatable bonds is 5. The third kappa shape index (κ3) is 3.22. The molecule has 0 aliphatic heterocycles. The first kappa shape index (κ1) is 16.7. The number of amides is 1. The van der Waals surface area contributed by atoms with Crippen LogP contribution in [-0.2, 0) is 6.54 Å². The smallest absolute Gasteiger partial charge is 0.250 e. The number of anilines is 1. The van der Waals surface area contributed by atoms with Gasteiger partial charge in [0.05, 0.1) is 23.0 Å². The van der Waals surface area contributed by atoms with Crippen LogP contribution in [0.3, 0.4) is 0 Å². The number of aromatic nitrogens is 4. The average Bonchev–Trinajstić information content (AvgIpc) is 3.03. The largest absolute Gasteiger partial charge is 0.366 e. The summed E-state index contributed by atoms with van der Waals surface area (Å²) in [5.74, 6) is 0.637. The Kier molecular flexibility index (Phi) is 4.25. The number of benzene rings is 1. The van der Waals surface area contributed by atoms with Gasteiger partial charge in [-0.05, 0) is 36.2 Å². The van der Waals surface area contributed by atoms with Gasteiger partial charge in [0.2, 0.25) is 5.82 Å². The van der Waals surface area contributed by atoms with Gasteiger partial charge in [-0.15, -0.1) is 5.10 Å². The molecule has 7 heteroatoms. The Hall–Kier alpha value is -3.74. The van der Waals surface area contributed by atoms with E-state index in [2.05, 4.69) is 20.5 Å². The van der Waals surface area contributed by atoms with Gasteiger partial charge < -0.3 is 15.5 Å². The van der Waals surface area contributed by atoms with Crippen molar-refractivity contribution in [1.29, 1.82) is 0 Å². The van der Waals surface area contributed by atoms with Crippen molar-refractivity contribution in [2.45, 2.75) is 13.5 Å². The zero-order valence-corrected chi connectivity index (χ0v) is 14.8. The number of aryl methyl sites for hydroxylation is 1. The lowest BCUT2D eigenvalue weighted by molar-refractivity contribution is 0.100. The van der Waals surface area contributed by atoms with Gasteiger partial charge >= 0.3 is 0 Å². The molecule has 0 unspecified atom stereocenters. The summed E-state index contributed by atoms with van der Waals surface area (Å²) in [7, 11) is 0. The van der Waals surface area contributed by atoms with E-state index >= 15 is 0 Å². The fraction of sp³-hybridized carbons (Fsp3) is 0.100. The van der Waals surface area contributed by atoms with Gasteiger partial charge in [-0.2, -0.15) is 5.10 Å². The van der Waals surface area contributed by atoms with Crippen molar-refractivity contribution in [3.05, 3.63) is 77.6 Å². The highest BCUT2D eigenvalue weighted by Crippen LogP contribution is 2.26. The van der Waals surface area contributed by atoms with Crippen molar-refractivity contribution < 1.29 is 4.79 Å². The van der Waals surface area contributed by atoms with Crippen LogP contribution in [0.25, 0.3) is 17.0 Å². The van der Waals surface area contributed by atoms with Crippen LogP contribution in [0.15, 0.2) is 60.9 Å². The van der Waals surface area contributed by atoms with Gasteiger partial charge in [-0.1, -0.05) is 30.3 Å². The summed E-state index contributed by atoms with van der Waals surface area (Å²) >= 11 is 0. The van der Waals surface area contributed by atoms with Crippen molar-refractivity contribution >= 4 is 17.2 Å². The molecule has 1 aromatic carbocycles. The Morgan fingerprint density at radius 3 is 2.78 bits per heavy atom. The Morgan fingerprint density at radius 1 is 1.19 bits per heavy atom. The van der Waals surface area contributed by atoms with Crippen LogP contribution in [-0.4, -0.2) is 25.5 Å². The molecule has 0 saturated heterocycles. The number of nitrogens with one attached hydrogen (secondary N) is 1. The zero-order valence-electron chi connectivity index (χ0n) is 14.8. The van der Waals surface area contributed by atoms with E-state index in [-0.39, 0.29) is 0 Å². The predicted octanol–water partition coefficient (Wildman–Crippen LogP) is 2.81. The molecule has 0 atom stereocenters. The number of fused-ring (bicyclic) bond motifs is 1. The van der Waals surface area contributed by atoms with Crippen LogP contribution in [0.1, 0.15) is 21.5 Å². The number of nitrogens with two attached hydrogens (primary N) is 1. The monoisotopic (exact) mass is 358 g/mol. The molecule has 4 aromatic rings. The summed E-state index contributed by atoms with van der Waals surface area (Å²) < 4.78 is 1.87. The van der Waals surface area contributed by atoms with E-state index in [1.807, 2.05) is 53.9 Å². The Bertz CT molecular complexity index is 1120. The minimum Gasteiger partial charge on any atom is -0.366 e. The number of primary amides is 1. The SMILES string of the molecule is Cc1cc2c(C(N)=O)cccn2c1-c1nncc(NCc2ccccc2)n1. The summed E-state index contributed by atoms with van der Waals surface area (Å²) in [5.41, 5.74) is 9.54. The molecule has 0 aliphatic rings. The lowest BCUT2D eigenvalue weighted by Gasteiger charge is -2.08. The highest BCUT2D eigenvalue weighted by molar-refractivity contribution is 6.00. The van der Waals surface area contributed by atoms with Gasteiger partial charge in [-0.3, -0.25) is 4.79 Å². The molecule has 3 heterocycles. The molecule has 3 N–H and O–H groups in total.